The van der Waals surface area contributed by atoms with Gasteiger partial charge in [0, 0.05) is 16.7 Å². The highest BCUT2D eigenvalue weighted by Gasteiger charge is 2.44. The number of hydrogen-bond acceptors (Lipinski definition) is 2. The van der Waals surface area contributed by atoms with Gasteiger partial charge in [0.2, 0.25) is 5.70 Å². The second-order valence-electron chi connectivity index (χ2n) is 11.0. The molecule has 0 aliphatic carbocycles. The number of aliphatic hydroxyl groups excluding tert-OH is 1. The Hall–Kier alpha value is -4.43. The Labute approximate surface area is 236 Å². The Morgan fingerprint density at radius 3 is 1.62 bits per heavy atom. The molecule has 3 heteroatoms. The summed E-state index contributed by atoms with van der Waals surface area (Å²) in [5, 5.41) is 16.0. The molecule has 0 amide bonds. The normalized spacial score (nSPS) is 11.7. The summed E-state index contributed by atoms with van der Waals surface area (Å²) in [7, 11) is 0. The van der Waals surface area contributed by atoms with Crippen molar-refractivity contribution in [1.29, 1.82) is 0 Å². The fourth-order valence-electron chi connectivity index (χ4n) is 5.95. The molecule has 0 saturated heterocycles. The molecular formula is C37H36NO2+. The molecular weight excluding hydrogens is 490 g/mol. The van der Waals surface area contributed by atoms with Crippen LogP contribution in [0.1, 0.15) is 49.2 Å². The van der Waals surface area contributed by atoms with Crippen LogP contribution in [0.15, 0.2) is 127 Å². The summed E-state index contributed by atoms with van der Waals surface area (Å²) in [4.78, 5) is 14.4. The van der Waals surface area contributed by atoms with Gasteiger partial charge in [0.1, 0.15) is 6.54 Å². The largest absolute Gasteiger partial charge is 0.501 e. The van der Waals surface area contributed by atoms with E-state index in [-0.39, 0.29) is 23.6 Å². The summed E-state index contributed by atoms with van der Waals surface area (Å²) >= 11 is 0. The van der Waals surface area contributed by atoms with Gasteiger partial charge in [0.05, 0.1) is 12.1 Å². The van der Waals surface area contributed by atoms with Gasteiger partial charge in [-0.1, -0.05) is 109 Å². The number of rotatable bonds is 8. The summed E-state index contributed by atoms with van der Waals surface area (Å²) in [6.07, 6.45) is 0. The summed E-state index contributed by atoms with van der Waals surface area (Å²) in [5.74, 6) is -0.165. The van der Waals surface area contributed by atoms with Crippen LogP contribution in [0.3, 0.4) is 0 Å². The van der Waals surface area contributed by atoms with Crippen molar-refractivity contribution in [2.24, 2.45) is 0 Å². The van der Waals surface area contributed by atoms with Crippen molar-refractivity contribution in [2.75, 3.05) is 0 Å². The van der Waals surface area contributed by atoms with Crippen molar-refractivity contribution >= 4 is 33.1 Å². The zero-order valence-corrected chi connectivity index (χ0v) is 23.6. The second kappa shape index (κ2) is 11.4. The first-order valence-corrected chi connectivity index (χ1v) is 14.0. The molecule has 40 heavy (non-hydrogen) atoms. The van der Waals surface area contributed by atoms with Gasteiger partial charge in [-0.3, -0.25) is 9.28 Å². The third-order valence-electron chi connectivity index (χ3n) is 8.10. The van der Waals surface area contributed by atoms with Crippen LogP contribution in [-0.4, -0.2) is 27.5 Å². The molecule has 200 valence electrons. The number of quaternary nitrogens is 1. The molecule has 0 saturated carbocycles. The molecule has 0 fully saturated rings. The first-order chi connectivity index (χ1) is 19.3. The van der Waals surface area contributed by atoms with E-state index in [0.717, 1.165) is 0 Å². The lowest BCUT2D eigenvalue weighted by molar-refractivity contribution is -0.940. The van der Waals surface area contributed by atoms with Gasteiger partial charge in [0.15, 0.2) is 5.76 Å². The zero-order valence-electron chi connectivity index (χ0n) is 23.6. The lowest BCUT2D eigenvalue weighted by Gasteiger charge is -2.45. The topological polar surface area (TPSA) is 37.3 Å². The monoisotopic (exact) mass is 526 g/mol. The van der Waals surface area contributed by atoms with Gasteiger partial charge in [-0.2, -0.15) is 0 Å². The SMILES string of the molecule is CC(C)[N+](Cc1c2ccccc2cc2ccccc12)(C(=C=C(O)c1ccccc1)C(=O)c1ccccc1)C(C)C. The van der Waals surface area contributed by atoms with Gasteiger partial charge in [-0.25, -0.2) is 0 Å². The quantitative estimate of drug-likeness (QED) is 0.0547. The van der Waals surface area contributed by atoms with Crippen LogP contribution in [0.2, 0.25) is 0 Å². The van der Waals surface area contributed by atoms with Crippen LogP contribution in [0.4, 0.5) is 0 Å². The van der Waals surface area contributed by atoms with E-state index in [1.54, 1.807) is 0 Å². The van der Waals surface area contributed by atoms with Crippen molar-refractivity contribution in [1.82, 2.24) is 0 Å². The van der Waals surface area contributed by atoms with Crippen molar-refractivity contribution in [3.63, 3.8) is 0 Å². The third kappa shape index (κ3) is 4.98. The number of allylic oxidation sites excluding steroid dienone is 1. The maximum Gasteiger partial charge on any atom is 0.254 e. The van der Waals surface area contributed by atoms with E-state index in [9.17, 15) is 9.90 Å². The molecule has 0 unspecified atom stereocenters. The van der Waals surface area contributed by atoms with Crippen molar-refractivity contribution in [3.8, 4) is 0 Å². The third-order valence-corrected chi connectivity index (χ3v) is 8.10. The van der Waals surface area contributed by atoms with Gasteiger partial charge in [-0.15, -0.1) is 0 Å². The Kier molecular flexibility index (Phi) is 7.71. The summed E-state index contributed by atoms with van der Waals surface area (Å²) < 4.78 is 0.322. The molecule has 0 atom stereocenters. The average Bonchev–Trinajstić information content (AvgIpc) is 2.98. The number of benzene rings is 5. The lowest BCUT2D eigenvalue weighted by atomic mass is 9.92. The predicted octanol–water partition coefficient (Wildman–Crippen LogP) is 9.09. The highest BCUT2D eigenvalue weighted by Crippen LogP contribution is 2.38. The number of ketones is 1. The molecule has 0 aliphatic heterocycles. The molecule has 5 rings (SSSR count). The molecule has 1 N–H and O–H groups in total. The first kappa shape index (κ1) is 27.1. The van der Waals surface area contributed by atoms with E-state index in [0.29, 0.717) is 27.9 Å². The van der Waals surface area contributed by atoms with Crippen LogP contribution in [0.5, 0.6) is 0 Å². The zero-order chi connectivity index (χ0) is 28.3. The molecule has 0 spiro atoms. The summed E-state index contributed by atoms with van der Waals surface area (Å²) in [5.41, 5.74) is 6.11. The van der Waals surface area contributed by atoms with E-state index in [1.807, 2.05) is 60.7 Å². The van der Waals surface area contributed by atoms with Crippen LogP contribution in [0, 0.1) is 0 Å². The Morgan fingerprint density at radius 1 is 0.675 bits per heavy atom. The lowest BCUT2D eigenvalue weighted by Crippen LogP contribution is -2.57. The van der Waals surface area contributed by atoms with Crippen LogP contribution in [-0.2, 0) is 6.54 Å². The second-order valence-corrected chi connectivity index (χ2v) is 11.0. The van der Waals surface area contributed by atoms with Gasteiger partial charge in [0.25, 0.3) is 5.78 Å². The van der Waals surface area contributed by atoms with Crippen molar-refractivity contribution in [3.05, 3.63) is 143 Å². The molecule has 0 aliphatic rings. The number of fused-ring (bicyclic) bond motifs is 2. The minimum atomic E-state index is -0.130. The molecule has 0 radical (unpaired) electrons. The first-order valence-electron chi connectivity index (χ1n) is 14.0. The number of carbonyl (C=O) groups is 1. The average molecular weight is 527 g/mol. The van der Waals surface area contributed by atoms with E-state index < -0.39 is 0 Å². The fraction of sp³-hybridized carbons (Fsp3) is 0.189. The Balaban J connectivity index is 1.85. The van der Waals surface area contributed by atoms with E-state index in [4.69, 9.17) is 0 Å². The highest BCUT2D eigenvalue weighted by molar-refractivity contribution is 6.07. The number of carbonyl (C=O) groups excluding carboxylic acids is 1. The Bertz CT molecular complexity index is 1660. The minimum Gasteiger partial charge on any atom is -0.501 e. The van der Waals surface area contributed by atoms with Gasteiger partial charge < -0.3 is 5.11 Å². The number of nitrogens with zero attached hydrogens (tertiary/aromatic N) is 1. The Morgan fingerprint density at radius 2 is 1.12 bits per heavy atom. The van der Waals surface area contributed by atoms with Crippen molar-refractivity contribution in [2.45, 2.75) is 46.3 Å². The molecule has 0 heterocycles. The maximum atomic E-state index is 14.4. The fourth-order valence-corrected chi connectivity index (χ4v) is 5.95. The molecule has 5 aromatic carbocycles. The molecule has 0 aromatic heterocycles. The number of aliphatic hydroxyl groups is 1. The van der Waals surface area contributed by atoms with E-state index in [2.05, 4.69) is 88.0 Å². The minimum absolute atomic E-state index is 0.0106. The number of Topliss-reactive ketones (excluding diaryl/α,β-unsaturated/α-hetero) is 1. The smallest absolute Gasteiger partial charge is 0.254 e. The molecule has 3 nitrogen and oxygen atoms in total. The number of hydrogen-bond donors (Lipinski definition) is 1. The van der Waals surface area contributed by atoms with Crippen LogP contribution < -0.4 is 0 Å². The van der Waals surface area contributed by atoms with Gasteiger partial charge >= 0.3 is 0 Å². The van der Waals surface area contributed by atoms with Crippen molar-refractivity contribution < 1.29 is 14.4 Å². The predicted molar refractivity (Wildman–Crippen MR) is 166 cm³/mol. The van der Waals surface area contributed by atoms with Crippen LogP contribution in [0.25, 0.3) is 27.3 Å². The molecule has 5 aromatic rings. The highest BCUT2D eigenvalue weighted by atomic mass is 16.3. The van der Waals surface area contributed by atoms with E-state index >= 15 is 0 Å². The summed E-state index contributed by atoms with van der Waals surface area (Å²) in [6.45, 7) is 9.21. The maximum absolute atomic E-state index is 14.4. The summed E-state index contributed by atoms with van der Waals surface area (Å²) in [6, 6.07) is 37.9. The van der Waals surface area contributed by atoms with Gasteiger partial charge in [-0.05, 0) is 61.0 Å². The molecule has 0 bridgehead atoms. The van der Waals surface area contributed by atoms with Crippen LogP contribution >= 0.6 is 0 Å². The standard InChI is InChI=1S/C37H35NO2/c1-26(2)38(27(3)4,25-34-32-21-13-11-19-30(32)23-31-20-12-14-22-33(31)34)35(37(40)29-17-9-6-10-18-29)24-36(39)28-15-7-5-8-16-28/h5-23,26-27H,25H2,1-4H3/p+1. The van der Waals surface area contributed by atoms with E-state index in [1.165, 1.54) is 27.1 Å².